The van der Waals surface area contributed by atoms with Gasteiger partial charge in [-0.1, -0.05) is 23.8 Å². The summed E-state index contributed by atoms with van der Waals surface area (Å²) in [6.45, 7) is 1.86. The van der Waals surface area contributed by atoms with E-state index in [4.69, 9.17) is 0 Å². The molecule has 0 bridgehead atoms. The number of hydrogen-bond acceptors (Lipinski definition) is 2. The summed E-state index contributed by atoms with van der Waals surface area (Å²) < 4.78 is 0. The molecule has 0 saturated heterocycles. The zero-order valence-electron chi connectivity index (χ0n) is 6.13. The summed E-state index contributed by atoms with van der Waals surface area (Å²) in [4.78, 5) is 20.7. The molecule has 2 heteroatoms. The highest BCUT2D eigenvalue weighted by Crippen LogP contribution is 2.03. The lowest BCUT2D eigenvalue weighted by atomic mass is 10.1. The summed E-state index contributed by atoms with van der Waals surface area (Å²) >= 11 is 0. The average molecular weight is 147 g/mol. The molecule has 1 aromatic rings. The van der Waals surface area contributed by atoms with E-state index in [-0.39, 0.29) is 0 Å². The fraction of sp³-hybridized carbons (Fsp3) is 0.111. The quantitative estimate of drug-likeness (QED) is 0.466. The normalized spacial score (nSPS) is 9.18. The van der Waals surface area contributed by atoms with Crippen LogP contribution < -0.4 is 0 Å². The lowest BCUT2D eigenvalue weighted by Gasteiger charge is -1.93. The van der Waals surface area contributed by atoms with Gasteiger partial charge in [-0.3, -0.25) is 9.59 Å². The molecule has 0 fully saturated rings. The van der Waals surface area contributed by atoms with Gasteiger partial charge in [0.25, 0.3) is 6.29 Å². The molecular formula is C9H7O2. The molecule has 55 valence electrons. The van der Waals surface area contributed by atoms with E-state index < -0.39 is 5.78 Å². The SMILES string of the molecule is Cc1cccc(C(=O)[C]=O)c1. The molecule has 11 heavy (non-hydrogen) atoms. The molecule has 0 aliphatic carbocycles. The van der Waals surface area contributed by atoms with Crippen molar-refractivity contribution in [3.8, 4) is 0 Å². The van der Waals surface area contributed by atoms with Gasteiger partial charge in [-0.15, -0.1) is 0 Å². The highest BCUT2D eigenvalue weighted by atomic mass is 16.2. The largest absolute Gasteiger partial charge is 0.285 e. The standard InChI is InChI=1S/C9H7O2/c1-7-3-2-4-8(5-7)9(11)6-10/h2-5H,1H3. The molecule has 1 radical (unpaired) electrons. The molecule has 0 amide bonds. The molecule has 0 aliphatic rings. The van der Waals surface area contributed by atoms with Crippen LogP contribution >= 0.6 is 0 Å². The van der Waals surface area contributed by atoms with Gasteiger partial charge in [0, 0.05) is 5.56 Å². The molecule has 1 rings (SSSR count). The van der Waals surface area contributed by atoms with Gasteiger partial charge in [0.2, 0.25) is 5.78 Å². The lowest BCUT2D eigenvalue weighted by Crippen LogP contribution is -1.99. The molecule has 1 aromatic carbocycles. The summed E-state index contributed by atoms with van der Waals surface area (Å²) in [6.07, 6.45) is 1.32. The van der Waals surface area contributed by atoms with E-state index in [1.54, 1.807) is 18.2 Å². The third kappa shape index (κ3) is 1.74. The number of benzene rings is 1. The van der Waals surface area contributed by atoms with Gasteiger partial charge in [0.05, 0.1) is 0 Å². The fourth-order valence-electron chi connectivity index (χ4n) is 0.845. The van der Waals surface area contributed by atoms with Crippen LogP contribution in [-0.4, -0.2) is 12.1 Å². The predicted octanol–water partition coefficient (Wildman–Crippen LogP) is 1.29. The molecule has 0 heterocycles. The van der Waals surface area contributed by atoms with Crippen LogP contribution in [0.1, 0.15) is 15.9 Å². The summed E-state index contributed by atoms with van der Waals surface area (Å²) in [5.74, 6) is -0.589. The summed E-state index contributed by atoms with van der Waals surface area (Å²) in [5, 5.41) is 0. The van der Waals surface area contributed by atoms with Gasteiger partial charge in [0.15, 0.2) is 0 Å². The minimum absolute atomic E-state index is 0.403. The number of aryl methyl sites for hydroxylation is 1. The Morgan fingerprint density at radius 1 is 1.45 bits per heavy atom. The molecule has 0 spiro atoms. The average Bonchev–Trinajstić information content (AvgIpc) is 2.03. The molecule has 0 aromatic heterocycles. The first kappa shape index (κ1) is 7.66. The predicted molar refractivity (Wildman–Crippen MR) is 41.2 cm³/mol. The third-order valence-corrected chi connectivity index (χ3v) is 1.37. The Kier molecular flexibility index (Phi) is 2.16. The van der Waals surface area contributed by atoms with Crippen molar-refractivity contribution in [1.82, 2.24) is 0 Å². The van der Waals surface area contributed by atoms with Crippen LogP contribution in [0.15, 0.2) is 24.3 Å². The van der Waals surface area contributed by atoms with Gasteiger partial charge < -0.3 is 0 Å². The second kappa shape index (κ2) is 3.10. The lowest BCUT2D eigenvalue weighted by molar-refractivity contribution is 0.106. The van der Waals surface area contributed by atoms with Crippen molar-refractivity contribution in [2.75, 3.05) is 0 Å². The van der Waals surface area contributed by atoms with Crippen molar-refractivity contribution in [1.29, 1.82) is 0 Å². The van der Waals surface area contributed by atoms with E-state index in [9.17, 15) is 9.59 Å². The van der Waals surface area contributed by atoms with Gasteiger partial charge in [-0.2, -0.15) is 0 Å². The monoisotopic (exact) mass is 147 g/mol. The van der Waals surface area contributed by atoms with Crippen molar-refractivity contribution >= 4 is 12.1 Å². The maximum atomic E-state index is 10.7. The van der Waals surface area contributed by atoms with Gasteiger partial charge >= 0.3 is 0 Å². The van der Waals surface area contributed by atoms with Crippen molar-refractivity contribution in [2.24, 2.45) is 0 Å². The first-order valence-corrected chi connectivity index (χ1v) is 3.23. The van der Waals surface area contributed by atoms with Crippen LogP contribution in [0.2, 0.25) is 0 Å². The second-order valence-corrected chi connectivity index (χ2v) is 2.30. The van der Waals surface area contributed by atoms with Crippen LogP contribution in [0, 0.1) is 6.92 Å². The van der Waals surface area contributed by atoms with Crippen LogP contribution in [0.3, 0.4) is 0 Å². The molecular weight excluding hydrogens is 140 g/mol. The number of carbonyl (C=O) groups is 1. The Morgan fingerprint density at radius 2 is 2.18 bits per heavy atom. The topological polar surface area (TPSA) is 34.1 Å². The number of hydrogen-bond donors (Lipinski definition) is 0. The van der Waals surface area contributed by atoms with E-state index in [1.807, 2.05) is 13.0 Å². The van der Waals surface area contributed by atoms with Crippen molar-refractivity contribution in [3.63, 3.8) is 0 Å². The summed E-state index contributed by atoms with van der Waals surface area (Å²) in [6, 6.07) is 6.86. The summed E-state index contributed by atoms with van der Waals surface area (Å²) in [5.41, 5.74) is 1.37. The van der Waals surface area contributed by atoms with E-state index in [1.165, 1.54) is 6.29 Å². The number of ketones is 1. The van der Waals surface area contributed by atoms with Crippen LogP contribution in [-0.2, 0) is 4.79 Å². The van der Waals surface area contributed by atoms with Crippen LogP contribution in [0.25, 0.3) is 0 Å². The number of Topliss-reactive ketones (excluding diaryl/α,β-unsaturated/α-hetero) is 1. The first-order valence-electron chi connectivity index (χ1n) is 3.23. The van der Waals surface area contributed by atoms with Gasteiger partial charge in [0.1, 0.15) is 0 Å². The molecule has 0 saturated carbocycles. The maximum Gasteiger partial charge on any atom is 0.277 e. The molecule has 0 unspecified atom stereocenters. The Morgan fingerprint density at radius 3 is 2.73 bits per heavy atom. The zero-order chi connectivity index (χ0) is 8.27. The van der Waals surface area contributed by atoms with Crippen LogP contribution in [0.5, 0.6) is 0 Å². The number of rotatable bonds is 2. The van der Waals surface area contributed by atoms with Gasteiger partial charge in [-0.25, -0.2) is 0 Å². The highest BCUT2D eigenvalue weighted by Gasteiger charge is 2.03. The van der Waals surface area contributed by atoms with E-state index in [0.29, 0.717) is 5.56 Å². The molecule has 0 atom stereocenters. The van der Waals surface area contributed by atoms with Crippen LogP contribution in [0.4, 0.5) is 0 Å². The summed E-state index contributed by atoms with van der Waals surface area (Å²) in [7, 11) is 0. The van der Waals surface area contributed by atoms with E-state index >= 15 is 0 Å². The Hall–Kier alpha value is -1.44. The minimum atomic E-state index is -0.589. The zero-order valence-corrected chi connectivity index (χ0v) is 6.13. The number of carbonyl (C=O) groups excluding carboxylic acids is 2. The smallest absolute Gasteiger partial charge is 0.277 e. The minimum Gasteiger partial charge on any atom is -0.285 e. The van der Waals surface area contributed by atoms with E-state index in [0.717, 1.165) is 5.56 Å². The Labute approximate surface area is 64.8 Å². The third-order valence-electron chi connectivity index (χ3n) is 1.37. The molecule has 0 N–H and O–H groups in total. The van der Waals surface area contributed by atoms with E-state index in [2.05, 4.69) is 0 Å². The Balaban J connectivity index is 3.05. The molecule has 2 nitrogen and oxygen atoms in total. The van der Waals surface area contributed by atoms with Crippen molar-refractivity contribution in [2.45, 2.75) is 6.92 Å². The highest BCUT2D eigenvalue weighted by molar-refractivity contribution is 6.33. The Bertz CT molecular complexity index is 289. The molecule has 0 aliphatic heterocycles. The maximum absolute atomic E-state index is 10.7. The van der Waals surface area contributed by atoms with Gasteiger partial charge in [-0.05, 0) is 13.0 Å². The second-order valence-electron chi connectivity index (χ2n) is 2.30. The van der Waals surface area contributed by atoms with Crippen molar-refractivity contribution < 1.29 is 9.59 Å². The van der Waals surface area contributed by atoms with Crippen molar-refractivity contribution in [3.05, 3.63) is 35.4 Å². The first-order chi connectivity index (χ1) is 5.24. The fourth-order valence-corrected chi connectivity index (χ4v) is 0.845.